The molecule has 0 radical (unpaired) electrons. The average molecular weight is 1210 g/mol. The fraction of sp³-hybridized carbons (Fsp3) is 0.769. The van der Waals surface area contributed by atoms with E-state index in [9.17, 15) is 0 Å². The second-order valence-electron chi connectivity index (χ2n) is 25.2. The number of allylic oxidation sites excluding steroid dienone is 2. The molecule has 0 aromatic heterocycles. The third-order valence-corrected chi connectivity index (χ3v) is 17.2. The van der Waals surface area contributed by atoms with Crippen LogP contribution in [0.2, 0.25) is 0 Å². The summed E-state index contributed by atoms with van der Waals surface area (Å²) in [6, 6.07) is 17.8. The van der Waals surface area contributed by atoms with Crippen LogP contribution in [0.3, 0.4) is 0 Å². The summed E-state index contributed by atoms with van der Waals surface area (Å²) in [6.07, 6.45) is 87.2. The molecule has 81 heavy (non-hydrogen) atoms. The molecule has 2 rings (SSSR count). The van der Waals surface area contributed by atoms with E-state index in [1.165, 1.54) is 344 Å². The van der Waals surface area contributed by atoms with Gasteiger partial charge in [0.05, 0.1) is 22.8 Å². The van der Waals surface area contributed by atoms with Crippen molar-refractivity contribution < 1.29 is 20.4 Å². The van der Waals surface area contributed by atoms with Crippen LogP contribution in [-0.4, -0.2) is 11.4 Å². The predicted octanol–water partition coefficient (Wildman–Crippen LogP) is 28.5. The Labute approximate surface area is 521 Å². The number of nitrogens with zero attached hydrogens (tertiary/aromatic N) is 2. The molecule has 0 aliphatic carbocycles. The number of hydrogen-bond donors (Lipinski definition) is 0. The molecule has 0 N–H and O–H groups in total. The first-order valence-corrected chi connectivity index (χ1v) is 36.4. The van der Waals surface area contributed by atoms with Crippen LogP contribution < -0.4 is 0 Å². The standard InChI is InChI=1S/C78H136N2.Pd/c1-5-9-13-16-18-20-22-24-26-28-30-32-34-36-38-40-42-44-46-48-50-52-54-56-58-63-73-65-61-67-75(71-73)79-77(69-12-8-4)78(70-60-15-11-7-3)80-76-68-62-66-74(72-76)64-59-57-55-53-51-49-47-45-43-41-39-37-35-33-31-29-27-25-23-21-19-17-14-10-6-2;/h58-59,61-68,71-72H,5-57,60,69-70H2,1-4H3;. The van der Waals surface area contributed by atoms with E-state index in [0.29, 0.717) is 0 Å². The van der Waals surface area contributed by atoms with Crippen molar-refractivity contribution in [1.82, 2.24) is 0 Å². The summed E-state index contributed by atoms with van der Waals surface area (Å²) < 4.78 is 0. The number of hydrogen-bond acceptors (Lipinski definition) is 2. The zero-order valence-electron chi connectivity index (χ0n) is 54.7. The summed E-state index contributed by atoms with van der Waals surface area (Å²) in [5.74, 6) is 0. The minimum Gasteiger partial charge on any atom is -0.252 e. The second-order valence-corrected chi connectivity index (χ2v) is 25.2. The van der Waals surface area contributed by atoms with Gasteiger partial charge in [-0.25, -0.2) is 0 Å². The quantitative estimate of drug-likeness (QED) is 0.0358. The fourth-order valence-corrected chi connectivity index (χ4v) is 11.8. The Morgan fingerprint density at radius 3 is 0.753 bits per heavy atom. The van der Waals surface area contributed by atoms with E-state index in [0.717, 1.165) is 49.9 Å². The van der Waals surface area contributed by atoms with E-state index in [-0.39, 0.29) is 20.4 Å². The van der Waals surface area contributed by atoms with Gasteiger partial charge in [0, 0.05) is 20.4 Å². The van der Waals surface area contributed by atoms with Gasteiger partial charge in [0.15, 0.2) is 0 Å². The summed E-state index contributed by atoms with van der Waals surface area (Å²) in [7, 11) is 0. The molecule has 0 fully saturated rings. The molecular formula is C78H136N2Pd. The van der Waals surface area contributed by atoms with Gasteiger partial charge in [-0.3, -0.25) is 9.98 Å². The van der Waals surface area contributed by atoms with Crippen LogP contribution in [-0.2, 0) is 20.4 Å². The molecule has 0 saturated heterocycles. The molecule has 0 bridgehead atoms. The largest absolute Gasteiger partial charge is 0.252 e. The SMILES string of the molecule is CCCCCCCCCCCCCCCCCCCCCCCCCC=Cc1cccc(N=C(CCCC)C(CCCCCC)=Nc2cccc(C=CCCCCCCCCCCCCCCCCCCCCCCCCC)c2)c1.[Pd]. The van der Waals surface area contributed by atoms with E-state index in [4.69, 9.17) is 9.98 Å². The maximum atomic E-state index is 5.41. The normalized spacial score (nSPS) is 12.2. The van der Waals surface area contributed by atoms with Crippen LogP contribution in [0.1, 0.15) is 398 Å². The van der Waals surface area contributed by atoms with Crippen molar-refractivity contribution in [3.63, 3.8) is 0 Å². The van der Waals surface area contributed by atoms with E-state index in [2.05, 4.69) is 101 Å². The molecule has 2 aromatic rings. The van der Waals surface area contributed by atoms with Crippen molar-refractivity contribution in [2.45, 2.75) is 387 Å². The Kier molecular flexibility index (Phi) is 59.3. The van der Waals surface area contributed by atoms with Gasteiger partial charge in [0.1, 0.15) is 0 Å². The van der Waals surface area contributed by atoms with Crippen LogP contribution in [0.25, 0.3) is 12.2 Å². The zero-order chi connectivity index (χ0) is 57.0. The number of aliphatic imine (C=N–C) groups is 2. The Bertz CT molecular complexity index is 1720. The second kappa shape index (κ2) is 62.5. The third-order valence-electron chi connectivity index (χ3n) is 17.2. The molecule has 0 atom stereocenters. The summed E-state index contributed by atoms with van der Waals surface area (Å²) in [5, 5.41) is 0. The van der Waals surface area contributed by atoms with E-state index in [1.807, 2.05) is 0 Å². The average Bonchev–Trinajstić information content (AvgIpc) is 3.47. The summed E-state index contributed by atoms with van der Waals surface area (Å²) in [5.41, 5.74) is 6.99. The van der Waals surface area contributed by atoms with Gasteiger partial charge in [-0.05, 0) is 86.8 Å². The van der Waals surface area contributed by atoms with Gasteiger partial charge in [-0.2, -0.15) is 0 Å². The first-order valence-electron chi connectivity index (χ1n) is 36.4. The van der Waals surface area contributed by atoms with Crippen LogP contribution in [0.5, 0.6) is 0 Å². The minimum absolute atomic E-state index is 0. The third kappa shape index (κ3) is 50.9. The summed E-state index contributed by atoms with van der Waals surface area (Å²) in [4.78, 5) is 10.8. The molecule has 468 valence electrons. The van der Waals surface area contributed by atoms with Gasteiger partial charge < -0.3 is 0 Å². The first kappa shape index (κ1) is 76.9. The monoisotopic (exact) mass is 1210 g/mol. The van der Waals surface area contributed by atoms with Gasteiger partial charge >= 0.3 is 0 Å². The predicted molar refractivity (Wildman–Crippen MR) is 366 cm³/mol. The van der Waals surface area contributed by atoms with E-state index >= 15 is 0 Å². The van der Waals surface area contributed by atoms with Crippen LogP contribution >= 0.6 is 0 Å². The van der Waals surface area contributed by atoms with Crippen molar-refractivity contribution in [3.8, 4) is 0 Å². The van der Waals surface area contributed by atoms with Gasteiger partial charge in [-0.15, -0.1) is 0 Å². The van der Waals surface area contributed by atoms with E-state index < -0.39 is 0 Å². The summed E-state index contributed by atoms with van der Waals surface area (Å²) in [6.45, 7) is 9.22. The maximum absolute atomic E-state index is 5.41. The van der Waals surface area contributed by atoms with Crippen molar-refractivity contribution in [2.75, 3.05) is 0 Å². The maximum Gasteiger partial charge on any atom is 0.0639 e. The topological polar surface area (TPSA) is 24.7 Å². The van der Waals surface area contributed by atoms with Crippen molar-refractivity contribution >= 4 is 35.0 Å². The molecule has 0 amide bonds. The fourth-order valence-electron chi connectivity index (χ4n) is 11.8. The molecule has 0 heterocycles. The van der Waals surface area contributed by atoms with Crippen LogP contribution in [0.15, 0.2) is 70.7 Å². The molecule has 0 aliphatic heterocycles. The molecule has 0 unspecified atom stereocenters. The van der Waals surface area contributed by atoms with Gasteiger partial charge in [-0.1, -0.05) is 384 Å². The number of rotatable bonds is 61. The Morgan fingerprint density at radius 2 is 0.494 bits per heavy atom. The van der Waals surface area contributed by atoms with E-state index in [1.54, 1.807) is 0 Å². The molecule has 0 aliphatic rings. The van der Waals surface area contributed by atoms with Crippen molar-refractivity contribution in [3.05, 3.63) is 71.8 Å². The number of unbranched alkanes of at least 4 members (excludes halogenated alkanes) is 50. The molecule has 2 aromatic carbocycles. The Balaban J connectivity index is 0.0000328. The van der Waals surface area contributed by atoms with Gasteiger partial charge in [0.25, 0.3) is 0 Å². The summed E-state index contributed by atoms with van der Waals surface area (Å²) >= 11 is 0. The minimum atomic E-state index is 0. The first-order chi connectivity index (χ1) is 39.7. The molecule has 0 spiro atoms. The molecular weight excluding hydrogens is 1070 g/mol. The Hall–Kier alpha value is -2.08. The van der Waals surface area contributed by atoms with Crippen LogP contribution in [0.4, 0.5) is 11.4 Å². The Morgan fingerprint density at radius 1 is 0.272 bits per heavy atom. The smallest absolute Gasteiger partial charge is 0.0639 e. The van der Waals surface area contributed by atoms with Gasteiger partial charge in [0.2, 0.25) is 0 Å². The van der Waals surface area contributed by atoms with Crippen molar-refractivity contribution in [2.24, 2.45) is 9.98 Å². The molecule has 3 heteroatoms. The zero-order valence-corrected chi connectivity index (χ0v) is 56.3. The van der Waals surface area contributed by atoms with Crippen molar-refractivity contribution in [1.29, 1.82) is 0 Å². The molecule has 2 nitrogen and oxygen atoms in total. The van der Waals surface area contributed by atoms with Crippen LogP contribution in [0, 0.1) is 0 Å². The molecule has 0 saturated carbocycles. The number of benzene rings is 2.